The molecule has 2 N–H and O–H groups in total. The molecule has 0 amide bonds. The van der Waals surface area contributed by atoms with Gasteiger partial charge in [0, 0.05) is 7.11 Å². The van der Waals surface area contributed by atoms with Gasteiger partial charge in [0.15, 0.2) is 0 Å². The molecule has 4 aliphatic rings. The van der Waals surface area contributed by atoms with E-state index in [1.54, 1.807) is 0 Å². The first-order valence-electron chi connectivity index (χ1n) is 12.8. The fourth-order valence-electron chi connectivity index (χ4n) is 9.05. The molecule has 4 aliphatic carbocycles. The number of fused-ring (bicyclic) bond motifs is 5. The first kappa shape index (κ1) is 24.2. The molecule has 4 saturated carbocycles. The summed E-state index contributed by atoms with van der Waals surface area (Å²) in [5, 5.41) is 10.2. The van der Waals surface area contributed by atoms with Crippen molar-refractivity contribution >= 4 is 7.82 Å². The van der Waals surface area contributed by atoms with Crippen LogP contribution in [0.5, 0.6) is 0 Å². The fraction of sp³-hybridized carbons (Fsp3) is 1.00. The molecule has 2 unspecified atom stereocenters. The van der Waals surface area contributed by atoms with E-state index in [-0.39, 0.29) is 12.7 Å². The van der Waals surface area contributed by atoms with Crippen LogP contribution in [0.3, 0.4) is 0 Å². The minimum atomic E-state index is -3.85. The average molecular weight is 457 g/mol. The molecule has 0 bridgehead atoms. The summed E-state index contributed by atoms with van der Waals surface area (Å²) in [6.07, 6.45) is 13.2. The maximum absolute atomic E-state index is 11.5. The molecule has 0 aliphatic heterocycles. The van der Waals surface area contributed by atoms with E-state index < -0.39 is 7.82 Å². The summed E-state index contributed by atoms with van der Waals surface area (Å²) >= 11 is 0. The summed E-state index contributed by atoms with van der Waals surface area (Å²) in [4.78, 5) is 9.42. The fourth-order valence-corrected chi connectivity index (χ4v) is 9.52. The highest BCUT2D eigenvalue weighted by Gasteiger charge is 2.60. The van der Waals surface area contributed by atoms with E-state index in [9.17, 15) is 14.6 Å². The van der Waals surface area contributed by atoms with Crippen LogP contribution in [0, 0.1) is 46.3 Å². The van der Waals surface area contributed by atoms with E-state index in [0.717, 1.165) is 55.3 Å². The second kappa shape index (κ2) is 9.02. The third kappa shape index (κ3) is 4.44. The van der Waals surface area contributed by atoms with Crippen LogP contribution >= 0.6 is 7.82 Å². The SMILES string of the molecule is COP(=O)(O)OCCC[C@@H](C)[C@H]1CC[C@H]2[C@@H]3CC[C@H]4C[C@@H](O)CC[C@]4(C)[C@H]3CCC12C. The van der Waals surface area contributed by atoms with Gasteiger partial charge in [0.25, 0.3) is 0 Å². The van der Waals surface area contributed by atoms with E-state index >= 15 is 0 Å². The number of aliphatic hydroxyl groups excluding tert-OH is 1. The number of hydrogen-bond donors (Lipinski definition) is 2. The summed E-state index contributed by atoms with van der Waals surface area (Å²) in [7, 11) is -2.64. The summed E-state index contributed by atoms with van der Waals surface area (Å²) in [5.74, 6) is 4.68. The number of phosphoric ester groups is 1. The number of rotatable bonds is 7. The molecule has 0 spiro atoms. The van der Waals surface area contributed by atoms with Gasteiger partial charge in [-0.15, -0.1) is 0 Å². The Labute approximate surface area is 189 Å². The van der Waals surface area contributed by atoms with Gasteiger partial charge in [0.1, 0.15) is 0 Å². The van der Waals surface area contributed by atoms with Crippen LogP contribution in [0.2, 0.25) is 0 Å². The highest BCUT2D eigenvalue weighted by Crippen LogP contribution is 2.68. The molecule has 0 radical (unpaired) electrons. The van der Waals surface area contributed by atoms with Gasteiger partial charge in [-0.25, -0.2) is 4.57 Å². The quantitative estimate of drug-likeness (QED) is 0.353. The van der Waals surface area contributed by atoms with Crippen molar-refractivity contribution in [3.05, 3.63) is 0 Å². The van der Waals surface area contributed by atoms with Gasteiger partial charge in [0.2, 0.25) is 0 Å². The predicted molar refractivity (Wildman–Crippen MR) is 122 cm³/mol. The largest absolute Gasteiger partial charge is 0.471 e. The van der Waals surface area contributed by atoms with Crippen LogP contribution in [0.1, 0.15) is 91.4 Å². The molecular formula is C25H45O5P. The Bertz CT molecular complexity index is 685. The molecular weight excluding hydrogens is 411 g/mol. The van der Waals surface area contributed by atoms with Crippen molar-refractivity contribution in [1.29, 1.82) is 0 Å². The van der Waals surface area contributed by atoms with Crippen LogP contribution in [0.25, 0.3) is 0 Å². The minimum absolute atomic E-state index is 0.0622. The molecule has 4 fully saturated rings. The molecule has 4 rings (SSSR count). The first-order chi connectivity index (χ1) is 14.6. The summed E-state index contributed by atoms with van der Waals surface area (Å²) in [5.41, 5.74) is 0.891. The van der Waals surface area contributed by atoms with Crippen LogP contribution in [0.15, 0.2) is 0 Å². The zero-order valence-electron chi connectivity index (χ0n) is 20.1. The van der Waals surface area contributed by atoms with E-state index in [0.29, 0.717) is 16.7 Å². The molecule has 180 valence electrons. The molecule has 6 heteroatoms. The smallest absolute Gasteiger partial charge is 0.393 e. The Kier molecular flexibility index (Phi) is 7.04. The van der Waals surface area contributed by atoms with Crippen LogP contribution in [-0.2, 0) is 13.6 Å². The van der Waals surface area contributed by atoms with Crippen molar-refractivity contribution in [1.82, 2.24) is 0 Å². The third-order valence-electron chi connectivity index (χ3n) is 10.7. The van der Waals surface area contributed by atoms with Crippen molar-refractivity contribution in [3.8, 4) is 0 Å². The highest BCUT2D eigenvalue weighted by atomic mass is 31.2. The zero-order chi connectivity index (χ0) is 22.4. The van der Waals surface area contributed by atoms with E-state index in [1.165, 1.54) is 52.1 Å². The Morgan fingerprint density at radius 3 is 2.48 bits per heavy atom. The molecule has 10 atom stereocenters. The van der Waals surface area contributed by atoms with Gasteiger partial charge >= 0.3 is 7.82 Å². The minimum Gasteiger partial charge on any atom is -0.393 e. The third-order valence-corrected chi connectivity index (χ3v) is 11.7. The topological polar surface area (TPSA) is 76.0 Å². The Morgan fingerprint density at radius 2 is 1.74 bits per heavy atom. The van der Waals surface area contributed by atoms with Crippen molar-refractivity contribution in [2.24, 2.45) is 46.3 Å². The Balaban J connectivity index is 1.38. The summed E-state index contributed by atoms with van der Waals surface area (Å²) in [6, 6.07) is 0. The lowest BCUT2D eigenvalue weighted by atomic mass is 9.44. The van der Waals surface area contributed by atoms with Gasteiger partial charge in [-0.05, 0) is 117 Å². The number of hydrogen-bond acceptors (Lipinski definition) is 4. The van der Waals surface area contributed by atoms with Gasteiger partial charge in [-0.2, -0.15) is 0 Å². The second-order valence-corrected chi connectivity index (χ2v) is 13.5. The molecule has 0 aromatic carbocycles. The van der Waals surface area contributed by atoms with Crippen molar-refractivity contribution in [3.63, 3.8) is 0 Å². The van der Waals surface area contributed by atoms with Crippen LogP contribution < -0.4 is 0 Å². The molecule has 0 aromatic heterocycles. The van der Waals surface area contributed by atoms with E-state index in [2.05, 4.69) is 25.3 Å². The normalized spacial score (nSPS) is 47.7. The zero-order valence-corrected chi connectivity index (χ0v) is 21.0. The second-order valence-electron chi connectivity index (χ2n) is 11.9. The lowest BCUT2D eigenvalue weighted by Gasteiger charge is -2.61. The summed E-state index contributed by atoms with van der Waals surface area (Å²) in [6.45, 7) is 7.83. The van der Waals surface area contributed by atoms with Crippen molar-refractivity contribution in [2.45, 2.75) is 97.5 Å². The maximum atomic E-state index is 11.5. The Morgan fingerprint density at radius 1 is 1.03 bits per heavy atom. The van der Waals surface area contributed by atoms with Crippen LogP contribution in [0.4, 0.5) is 0 Å². The monoisotopic (exact) mass is 456 g/mol. The van der Waals surface area contributed by atoms with Gasteiger partial charge in [-0.1, -0.05) is 20.8 Å². The highest BCUT2D eigenvalue weighted by molar-refractivity contribution is 7.47. The van der Waals surface area contributed by atoms with Crippen molar-refractivity contribution < 1.29 is 23.6 Å². The molecule has 0 saturated heterocycles. The summed E-state index contributed by atoms with van der Waals surface area (Å²) < 4.78 is 21.0. The van der Waals surface area contributed by atoms with E-state index in [1.807, 2.05) is 0 Å². The van der Waals surface area contributed by atoms with Gasteiger partial charge in [0.05, 0.1) is 12.7 Å². The maximum Gasteiger partial charge on any atom is 0.471 e. The number of phosphoric acid groups is 1. The standard InChI is InChI=1S/C25H45O5P/c1-17(6-5-15-30-31(27,28)29-4)21-9-10-22-20-8-7-18-16-19(26)11-13-24(18,2)23(20)12-14-25(21,22)3/h17-23,26H,5-16H2,1-4H3,(H,27,28)/t17-,18+,19+,20+,21-,22+,23+,24+,25?/m1/s1. The molecule has 0 heterocycles. The Hall–Kier alpha value is 0.0700. The molecule has 0 aromatic rings. The van der Waals surface area contributed by atoms with E-state index in [4.69, 9.17) is 4.52 Å². The molecule has 31 heavy (non-hydrogen) atoms. The van der Waals surface area contributed by atoms with Crippen LogP contribution in [-0.4, -0.2) is 29.8 Å². The van der Waals surface area contributed by atoms with Gasteiger partial charge < -0.3 is 10.00 Å². The lowest BCUT2D eigenvalue weighted by Crippen LogP contribution is -2.54. The average Bonchev–Trinajstić information content (AvgIpc) is 3.09. The van der Waals surface area contributed by atoms with Crippen molar-refractivity contribution in [2.75, 3.05) is 13.7 Å². The number of aliphatic hydroxyl groups is 1. The molecule has 5 nitrogen and oxygen atoms in total. The first-order valence-corrected chi connectivity index (χ1v) is 14.3. The lowest BCUT2D eigenvalue weighted by molar-refractivity contribution is -0.129. The van der Waals surface area contributed by atoms with Gasteiger partial charge in [-0.3, -0.25) is 9.05 Å². The predicted octanol–water partition coefficient (Wildman–Crippen LogP) is 6.19.